The molecule has 3 N–H and O–H groups in total. The number of carbonyl (C=O) groups excluding carboxylic acids is 2. The maximum absolute atomic E-state index is 13.5. The molecule has 3 aliphatic rings. The van der Waals surface area contributed by atoms with Crippen molar-refractivity contribution in [3.8, 4) is 0 Å². The molecule has 0 radical (unpaired) electrons. The number of H-pyrrole nitrogens is 2. The SMILES string of the molecule is COCCN1C(=O)C(CC2CCCCC2)NC(=O)C12CCN(Cc1c[nH]c(=O)[nH]c1=O)CC2. The van der Waals surface area contributed by atoms with Crippen LogP contribution in [0.4, 0.5) is 0 Å². The van der Waals surface area contributed by atoms with Crippen LogP contribution in [0, 0.1) is 5.92 Å². The lowest BCUT2D eigenvalue weighted by atomic mass is 9.79. The maximum Gasteiger partial charge on any atom is 0.325 e. The van der Waals surface area contributed by atoms with Gasteiger partial charge in [0.1, 0.15) is 11.6 Å². The molecule has 182 valence electrons. The molecule has 3 fully saturated rings. The lowest BCUT2D eigenvalue weighted by molar-refractivity contribution is -0.162. The molecule has 1 aliphatic carbocycles. The van der Waals surface area contributed by atoms with Gasteiger partial charge in [-0.05, 0) is 25.2 Å². The van der Waals surface area contributed by atoms with Crippen molar-refractivity contribution in [1.29, 1.82) is 0 Å². The van der Waals surface area contributed by atoms with Gasteiger partial charge in [-0.2, -0.15) is 0 Å². The van der Waals surface area contributed by atoms with E-state index in [1.54, 1.807) is 12.0 Å². The van der Waals surface area contributed by atoms with Crippen LogP contribution in [0.5, 0.6) is 0 Å². The first-order chi connectivity index (χ1) is 15.9. The smallest absolute Gasteiger partial charge is 0.325 e. The fourth-order valence-corrected chi connectivity index (χ4v) is 5.67. The fraction of sp³-hybridized carbons (Fsp3) is 0.739. The van der Waals surface area contributed by atoms with E-state index in [9.17, 15) is 19.2 Å². The summed E-state index contributed by atoms with van der Waals surface area (Å²) in [5, 5.41) is 3.08. The molecule has 0 bridgehead atoms. The van der Waals surface area contributed by atoms with Gasteiger partial charge in [0.15, 0.2) is 0 Å². The van der Waals surface area contributed by atoms with Gasteiger partial charge in [0, 0.05) is 45.0 Å². The Bertz CT molecular complexity index is 958. The van der Waals surface area contributed by atoms with Gasteiger partial charge < -0.3 is 19.9 Å². The van der Waals surface area contributed by atoms with E-state index in [-0.39, 0.29) is 11.8 Å². The molecule has 0 aromatic carbocycles. The standard InChI is InChI=1S/C23H35N5O5/c1-33-12-11-28-20(30)18(13-16-5-3-2-4-6-16)25-21(31)23(28)7-9-27(10-8-23)15-17-14-24-22(32)26-19(17)29/h14,16,18H,2-13,15H2,1H3,(H,25,31)(H2,24,26,29,32). The van der Waals surface area contributed by atoms with E-state index in [4.69, 9.17) is 4.74 Å². The lowest BCUT2D eigenvalue weighted by Crippen LogP contribution is -2.73. The number of aromatic nitrogens is 2. The number of hydrogen-bond donors (Lipinski definition) is 3. The Morgan fingerprint density at radius 1 is 1.09 bits per heavy atom. The molecule has 1 atom stereocenters. The summed E-state index contributed by atoms with van der Waals surface area (Å²) in [6.45, 7) is 2.28. The predicted octanol–water partition coefficient (Wildman–Crippen LogP) is 0.342. The Labute approximate surface area is 193 Å². The summed E-state index contributed by atoms with van der Waals surface area (Å²) >= 11 is 0. The van der Waals surface area contributed by atoms with E-state index >= 15 is 0 Å². The molecule has 33 heavy (non-hydrogen) atoms. The zero-order chi connectivity index (χ0) is 23.4. The van der Waals surface area contributed by atoms with Crippen molar-refractivity contribution >= 4 is 11.8 Å². The van der Waals surface area contributed by atoms with Crippen LogP contribution in [0.25, 0.3) is 0 Å². The van der Waals surface area contributed by atoms with E-state index in [2.05, 4.69) is 20.2 Å². The number of rotatable bonds is 7. The summed E-state index contributed by atoms with van der Waals surface area (Å²) in [5.41, 5.74) is -1.35. The van der Waals surface area contributed by atoms with Crippen LogP contribution in [0.15, 0.2) is 15.8 Å². The monoisotopic (exact) mass is 461 g/mol. The molecule has 2 saturated heterocycles. The molecule has 10 heteroatoms. The molecule has 1 saturated carbocycles. The first-order valence-electron chi connectivity index (χ1n) is 12.1. The average Bonchev–Trinajstić information content (AvgIpc) is 2.81. The number of ether oxygens (including phenoxy) is 1. The van der Waals surface area contributed by atoms with Crippen molar-refractivity contribution < 1.29 is 14.3 Å². The van der Waals surface area contributed by atoms with Crippen LogP contribution >= 0.6 is 0 Å². The van der Waals surface area contributed by atoms with Crippen LogP contribution in [-0.4, -0.2) is 76.5 Å². The van der Waals surface area contributed by atoms with Gasteiger partial charge in [0.25, 0.3) is 5.56 Å². The van der Waals surface area contributed by atoms with Crippen LogP contribution in [-0.2, 0) is 20.9 Å². The van der Waals surface area contributed by atoms with Gasteiger partial charge in [0.2, 0.25) is 11.8 Å². The highest BCUT2D eigenvalue weighted by Gasteiger charge is 2.53. The Kier molecular flexibility index (Phi) is 7.33. The molecular weight excluding hydrogens is 426 g/mol. The van der Waals surface area contributed by atoms with Gasteiger partial charge in [-0.15, -0.1) is 0 Å². The van der Waals surface area contributed by atoms with E-state index < -0.39 is 22.8 Å². The third-order valence-corrected chi connectivity index (χ3v) is 7.59. The van der Waals surface area contributed by atoms with Gasteiger partial charge in [-0.3, -0.25) is 24.3 Å². The summed E-state index contributed by atoms with van der Waals surface area (Å²) in [6, 6.07) is -0.458. The summed E-state index contributed by atoms with van der Waals surface area (Å²) in [5.74, 6) is 0.423. The summed E-state index contributed by atoms with van der Waals surface area (Å²) in [4.78, 5) is 58.9. The van der Waals surface area contributed by atoms with Crippen molar-refractivity contribution in [3.05, 3.63) is 32.6 Å². The summed E-state index contributed by atoms with van der Waals surface area (Å²) in [7, 11) is 1.60. The first kappa shape index (κ1) is 23.7. The van der Waals surface area contributed by atoms with Crippen molar-refractivity contribution in [3.63, 3.8) is 0 Å². The topological polar surface area (TPSA) is 128 Å². The zero-order valence-corrected chi connectivity index (χ0v) is 19.4. The number of amides is 2. The molecule has 10 nitrogen and oxygen atoms in total. The van der Waals surface area contributed by atoms with E-state index in [0.29, 0.717) is 63.5 Å². The molecule has 2 aliphatic heterocycles. The number of methoxy groups -OCH3 is 1. The van der Waals surface area contributed by atoms with Crippen molar-refractivity contribution in [2.24, 2.45) is 5.92 Å². The number of hydrogen-bond acceptors (Lipinski definition) is 6. The summed E-state index contributed by atoms with van der Waals surface area (Å²) < 4.78 is 5.27. The Morgan fingerprint density at radius 2 is 1.82 bits per heavy atom. The molecule has 1 aromatic rings. The lowest BCUT2D eigenvalue weighted by Gasteiger charge is -2.52. The Morgan fingerprint density at radius 3 is 2.48 bits per heavy atom. The van der Waals surface area contributed by atoms with E-state index in [1.807, 2.05) is 0 Å². The van der Waals surface area contributed by atoms with Gasteiger partial charge in [-0.1, -0.05) is 32.1 Å². The number of carbonyl (C=O) groups is 2. The average molecular weight is 462 g/mol. The normalized spacial score (nSPS) is 24.3. The molecule has 1 aromatic heterocycles. The second-order valence-electron chi connectivity index (χ2n) is 9.65. The molecule has 3 heterocycles. The largest absolute Gasteiger partial charge is 0.383 e. The fourth-order valence-electron chi connectivity index (χ4n) is 5.67. The third-order valence-electron chi connectivity index (χ3n) is 7.59. The second-order valence-corrected chi connectivity index (χ2v) is 9.65. The number of piperazine rings is 1. The zero-order valence-electron chi connectivity index (χ0n) is 19.4. The highest BCUT2D eigenvalue weighted by atomic mass is 16.5. The highest BCUT2D eigenvalue weighted by Crippen LogP contribution is 2.35. The van der Waals surface area contributed by atoms with Crippen molar-refractivity contribution in [2.45, 2.75) is 69.5 Å². The van der Waals surface area contributed by atoms with Gasteiger partial charge in [0.05, 0.1) is 6.61 Å². The molecule has 1 unspecified atom stereocenters. The number of aromatic amines is 2. The Hall–Kier alpha value is -2.46. The quantitative estimate of drug-likeness (QED) is 0.537. The second kappa shape index (κ2) is 10.2. The summed E-state index contributed by atoms with van der Waals surface area (Å²) in [6.07, 6.45) is 9.04. The highest BCUT2D eigenvalue weighted by molar-refractivity contribution is 6.00. The minimum atomic E-state index is -0.882. The van der Waals surface area contributed by atoms with E-state index in [0.717, 1.165) is 12.8 Å². The third kappa shape index (κ3) is 5.06. The number of nitrogens with zero attached hydrogens (tertiary/aromatic N) is 2. The van der Waals surface area contributed by atoms with Crippen LogP contribution < -0.4 is 16.6 Å². The molecule has 4 rings (SSSR count). The van der Waals surface area contributed by atoms with E-state index in [1.165, 1.54) is 25.5 Å². The number of piperidine rings is 1. The molecule has 2 amide bonds. The number of likely N-dealkylation sites (tertiary alicyclic amines) is 1. The Balaban J connectivity index is 1.46. The predicted molar refractivity (Wildman–Crippen MR) is 122 cm³/mol. The van der Waals surface area contributed by atoms with Crippen LogP contribution in [0.1, 0.15) is 56.9 Å². The van der Waals surface area contributed by atoms with Crippen molar-refractivity contribution in [1.82, 2.24) is 25.1 Å². The number of nitrogens with one attached hydrogen (secondary N) is 3. The molecule has 1 spiro atoms. The van der Waals surface area contributed by atoms with Crippen LogP contribution in [0.3, 0.4) is 0 Å². The van der Waals surface area contributed by atoms with Crippen molar-refractivity contribution in [2.75, 3.05) is 33.4 Å². The van der Waals surface area contributed by atoms with Gasteiger partial charge in [-0.25, -0.2) is 4.79 Å². The first-order valence-corrected chi connectivity index (χ1v) is 12.1. The molecular formula is C23H35N5O5. The minimum absolute atomic E-state index is 0.00255. The maximum atomic E-state index is 13.5. The van der Waals surface area contributed by atoms with Gasteiger partial charge >= 0.3 is 5.69 Å². The van der Waals surface area contributed by atoms with Crippen LogP contribution in [0.2, 0.25) is 0 Å². The minimum Gasteiger partial charge on any atom is -0.383 e.